The fraction of sp³-hybridized carbons (Fsp3) is 0.250. The molecule has 1 N–H and O–H groups in total. The van der Waals surface area contributed by atoms with E-state index in [1.165, 1.54) is 17.6 Å². The minimum atomic E-state index is -0.615. The van der Waals surface area contributed by atoms with Gasteiger partial charge >= 0.3 is 0 Å². The van der Waals surface area contributed by atoms with Crippen LogP contribution in [0.1, 0.15) is 22.3 Å². The van der Waals surface area contributed by atoms with Gasteiger partial charge in [-0.1, -0.05) is 23.8 Å². The number of nitrogens with one attached hydrogen (secondary N) is 1. The third-order valence-electron chi connectivity index (χ3n) is 4.83. The Bertz CT molecular complexity index is 1300. The number of methoxy groups -OCH3 is 1. The maximum atomic E-state index is 13.3. The van der Waals surface area contributed by atoms with Crippen LogP contribution in [0.5, 0.6) is 11.6 Å². The minimum Gasteiger partial charge on any atom is -0.438 e. The molecule has 0 unspecified atom stereocenters. The first kappa shape index (κ1) is 22.7. The summed E-state index contributed by atoms with van der Waals surface area (Å²) in [7, 11) is 1.51. The van der Waals surface area contributed by atoms with Crippen LogP contribution in [0.4, 0.5) is 0 Å². The molecule has 164 valence electrons. The molecule has 0 aliphatic rings. The SMILES string of the molecule is COCCNC(=O)/C(C#N)=C/c1c(Oc2ccc(C)cc2C)nc2c(C)cccn2c1=O. The first-order chi connectivity index (χ1) is 15.3. The third kappa shape index (κ3) is 4.85. The molecule has 0 aliphatic heterocycles. The number of hydrogen-bond donors (Lipinski definition) is 1. The quantitative estimate of drug-likeness (QED) is 0.349. The second-order valence-corrected chi connectivity index (χ2v) is 7.31. The number of aromatic nitrogens is 2. The normalized spacial score (nSPS) is 11.3. The molecule has 2 heterocycles. The molecule has 8 nitrogen and oxygen atoms in total. The van der Waals surface area contributed by atoms with Crippen LogP contribution in [0.25, 0.3) is 11.7 Å². The van der Waals surface area contributed by atoms with Crippen molar-refractivity contribution < 1.29 is 14.3 Å². The summed E-state index contributed by atoms with van der Waals surface area (Å²) in [6.45, 7) is 6.22. The number of nitrogens with zero attached hydrogens (tertiary/aromatic N) is 3. The van der Waals surface area contributed by atoms with E-state index >= 15 is 0 Å². The van der Waals surface area contributed by atoms with Gasteiger partial charge in [-0.05, 0) is 50.1 Å². The Labute approximate surface area is 185 Å². The van der Waals surface area contributed by atoms with E-state index < -0.39 is 11.5 Å². The lowest BCUT2D eigenvalue weighted by atomic mass is 10.1. The summed E-state index contributed by atoms with van der Waals surface area (Å²) in [6, 6.07) is 11.1. The molecule has 0 spiro atoms. The summed E-state index contributed by atoms with van der Waals surface area (Å²) in [5.74, 6) is -0.0670. The van der Waals surface area contributed by atoms with Crippen molar-refractivity contribution in [2.75, 3.05) is 20.3 Å². The van der Waals surface area contributed by atoms with Crippen LogP contribution in [0.3, 0.4) is 0 Å². The summed E-state index contributed by atoms with van der Waals surface area (Å²) in [4.78, 5) is 30.3. The molecule has 0 atom stereocenters. The molecule has 0 saturated carbocycles. The standard InChI is InChI=1S/C24H24N4O4/c1-15-7-8-20(17(3)12-15)32-23-19(13-18(14-25)22(29)26-9-11-31-4)24(30)28-10-5-6-16(2)21(28)27-23/h5-8,10,12-13H,9,11H2,1-4H3,(H,26,29)/b18-13+. The zero-order valence-corrected chi connectivity index (χ0v) is 18.4. The Morgan fingerprint density at radius 2 is 2.03 bits per heavy atom. The maximum Gasteiger partial charge on any atom is 0.269 e. The number of amides is 1. The number of carbonyl (C=O) groups excluding carboxylic acids is 1. The predicted molar refractivity (Wildman–Crippen MR) is 121 cm³/mol. The summed E-state index contributed by atoms with van der Waals surface area (Å²) in [5, 5.41) is 12.1. The first-order valence-electron chi connectivity index (χ1n) is 10.0. The highest BCUT2D eigenvalue weighted by molar-refractivity contribution is 6.01. The van der Waals surface area contributed by atoms with Gasteiger partial charge in [-0.15, -0.1) is 0 Å². The lowest BCUT2D eigenvalue weighted by molar-refractivity contribution is -0.117. The molecule has 1 amide bonds. The van der Waals surface area contributed by atoms with E-state index in [9.17, 15) is 14.9 Å². The average molecular weight is 432 g/mol. The van der Waals surface area contributed by atoms with Gasteiger partial charge in [-0.25, -0.2) is 0 Å². The molecular weight excluding hydrogens is 408 g/mol. The first-order valence-corrected chi connectivity index (χ1v) is 10.0. The van der Waals surface area contributed by atoms with E-state index in [1.54, 1.807) is 18.3 Å². The summed E-state index contributed by atoms with van der Waals surface area (Å²) in [5.41, 5.74) is 2.46. The maximum absolute atomic E-state index is 13.3. The van der Waals surface area contributed by atoms with Crippen molar-refractivity contribution in [1.82, 2.24) is 14.7 Å². The van der Waals surface area contributed by atoms with Gasteiger partial charge in [-0.2, -0.15) is 10.2 Å². The number of pyridine rings is 1. The lowest BCUT2D eigenvalue weighted by Gasteiger charge is -2.13. The highest BCUT2D eigenvalue weighted by atomic mass is 16.5. The molecule has 0 aliphatic carbocycles. The van der Waals surface area contributed by atoms with E-state index in [-0.39, 0.29) is 23.6 Å². The molecule has 3 rings (SSSR count). The fourth-order valence-corrected chi connectivity index (χ4v) is 3.17. The van der Waals surface area contributed by atoms with Crippen molar-refractivity contribution in [2.24, 2.45) is 0 Å². The minimum absolute atomic E-state index is 0.00603. The number of aryl methyl sites for hydroxylation is 3. The van der Waals surface area contributed by atoms with Crippen LogP contribution < -0.4 is 15.6 Å². The Kier molecular flexibility index (Phi) is 7.03. The van der Waals surface area contributed by atoms with Gasteiger partial charge in [0.25, 0.3) is 11.5 Å². The van der Waals surface area contributed by atoms with Crippen molar-refractivity contribution in [1.29, 1.82) is 5.26 Å². The number of carbonyl (C=O) groups is 1. The monoisotopic (exact) mass is 432 g/mol. The van der Waals surface area contributed by atoms with E-state index in [0.29, 0.717) is 18.0 Å². The number of hydrogen-bond acceptors (Lipinski definition) is 6. The topological polar surface area (TPSA) is 106 Å². The van der Waals surface area contributed by atoms with Gasteiger partial charge < -0.3 is 14.8 Å². The number of fused-ring (bicyclic) bond motifs is 1. The van der Waals surface area contributed by atoms with Crippen LogP contribution in [-0.4, -0.2) is 35.6 Å². The van der Waals surface area contributed by atoms with Gasteiger partial charge in [0.15, 0.2) is 0 Å². The second-order valence-electron chi connectivity index (χ2n) is 7.31. The number of rotatable bonds is 7. The Hall–Kier alpha value is -3.96. The summed E-state index contributed by atoms with van der Waals surface area (Å²) >= 11 is 0. The smallest absolute Gasteiger partial charge is 0.269 e. The Morgan fingerprint density at radius 1 is 1.25 bits per heavy atom. The number of ether oxygens (including phenoxy) is 2. The number of nitriles is 1. The summed E-state index contributed by atoms with van der Waals surface area (Å²) < 4.78 is 12.3. The molecule has 0 fully saturated rings. The highest BCUT2D eigenvalue weighted by Gasteiger charge is 2.18. The molecule has 3 aromatic rings. The van der Waals surface area contributed by atoms with Crippen LogP contribution >= 0.6 is 0 Å². The third-order valence-corrected chi connectivity index (χ3v) is 4.83. The van der Waals surface area contributed by atoms with Crippen molar-refractivity contribution in [3.8, 4) is 17.7 Å². The number of benzene rings is 1. The van der Waals surface area contributed by atoms with Crippen molar-refractivity contribution in [3.63, 3.8) is 0 Å². The molecule has 0 bridgehead atoms. The van der Waals surface area contributed by atoms with Gasteiger partial charge in [0.05, 0.1) is 6.61 Å². The van der Waals surface area contributed by atoms with E-state index in [2.05, 4.69) is 10.3 Å². The fourth-order valence-electron chi connectivity index (χ4n) is 3.17. The van der Waals surface area contributed by atoms with E-state index in [1.807, 2.05) is 45.0 Å². The van der Waals surface area contributed by atoms with Crippen molar-refractivity contribution >= 4 is 17.6 Å². The largest absolute Gasteiger partial charge is 0.438 e. The molecule has 2 aromatic heterocycles. The van der Waals surface area contributed by atoms with Gasteiger partial charge in [-0.3, -0.25) is 14.0 Å². The van der Waals surface area contributed by atoms with Crippen LogP contribution in [0.15, 0.2) is 46.9 Å². The van der Waals surface area contributed by atoms with E-state index in [0.717, 1.165) is 16.7 Å². The second kappa shape index (κ2) is 9.90. The van der Waals surface area contributed by atoms with Crippen molar-refractivity contribution in [3.05, 3.63) is 74.7 Å². The average Bonchev–Trinajstić information content (AvgIpc) is 2.76. The van der Waals surface area contributed by atoms with Crippen LogP contribution in [-0.2, 0) is 9.53 Å². The summed E-state index contributed by atoms with van der Waals surface area (Å²) in [6.07, 6.45) is 2.80. The van der Waals surface area contributed by atoms with Gasteiger partial charge in [0.2, 0.25) is 5.88 Å². The Balaban J connectivity index is 2.17. The molecule has 0 saturated heterocycles. The molecular formula is C24H24N4O4. The molecule has 0 radical (unpaired) electrons. The zero-order valence-electron chi connectivity index (χ0n) is 18.4. The molecule has 1 aromatic carbocycles. The van der Waals surface area contributed by atoms with E-state index in [4.69, 9.17) is 9.47 Å². The Morgan fingerprint density at radius 3 is 2.72 bits per heavy atom. The predicted octanol–water partition coefficient (Wildman–Crippen LogP) is 3.08. The van der Waals surface area contributed by atoms with Crippen molar-refractivity contribution in [2.45, 2.75) is 20.8 Å². The molecule has 32 heavy (non-hydrogen) atoms. The lowest BCUT2D eigenvalue weighted by Crippen LogP contribution is -2.28. The highest BCUT2D eigenvalue weighted by Crippen LogP contribution is 2.27. The van der Waals surface area contributed by atoms with Crippen LogP contribution in [0.2, 0.25) is 0 Å². The van der Waals surface area contributed by atoms with Gasteiger partial charge in [0.1, 0.15) is 28.6 Å². The van der Waals surface area contributed by atoms with Gasteiger partial charge in [0, 0.05) is 19.9 Å². The van der Waals surface area contributed by atoms with Crippen LogP contribution in [0, 0.1) is 32.1 Å². The zero-order chi connectivity index (χ0) is 23.3. The molecule has 8 heteroatoms.